The average molecular weight is 437 g/mol. The lowest BCUT2D eigenvalue weighted by molar-refractivity contribution is -0.147. The molecule has 0 aliphatic heterocycles. The van der Waals surface area contributed by atoms with Crippen molar-refractivity contribution in [1.29, 1.82) is 0 Å². The smallest absolute Gasteiger partial charge is 0.306 e. The number of hydrogen-bond donors (Lipinski definition) is 0. The molecule has 0 radical (unpaired) electrons. The van der Waals surface area contributed by atoms with Gasteiger partial charge < -0.3 is 9.16 Å². The van der Waals surface area contributed by atoms with Crippen molar-refractivity contribution >= 4 is 20.1 Å². The van der Waals surface area contributed by atoms with Gasteiger partial charge in [0.1, 0.15) is 5.78 Å². The van der Waals surface area contributed by atoms with Gasteiger partial charge in [0.2, 0.25) is 0 Å². The quantitative estimate of drug-likeness (QED) is 0.167. The van der Waals surface area contributed by atoms with E-state index in [1.807, 2.05) is 20.8 Å². The third kappa shape index (κ3) is 7.81. The second-order valence-electron chi connectivity index (χ2n) is 10.4. The van der Waals surface area contributed by atoms with Crippen LogP contribution in [0.1, 0.15) is 80.6 Å². The summed E-state index contributed by atoms with van der Waals surface area (Å²) >= 11 is 0. The van der Waals surface area contributed by atoms with Gasteiger partial charge in [-0.05, 0) is 65.1 Å². The van der Waals surface area contributed by atoms with Crippen LogP contribution in [0.4, 0.5) is 0 Å². The normalized spacial score (nSPS) is 23.6. The van der Waals surface area contributed by atoms with Crippen LogP contribution in [0.2, 0.25) is 18.1 Å². The molecule has 0 spiro atoms. The standard InChI is InChI=1S/C25H44O4Si/c1-10-19(4)24-20(15-13-11-12-14-16-23(27)28-18(2)3)21(26)17-22(24)29-30(8,9)25(5,6)7/h10-11,13,18,20,22,24H,12,14-17H2,1-9H3/t20-,22+,24+/m0/s1. The first-order chi connectivity index (χ1) is 13.8. The van der Waals surface area contributed by atoms with Gasteiger partial charge in [0.15, 0.2) is 8.32 Å². The van der Waals surface area contributed by atoms with Gasteiger partial charge in [-0.2, -0.15) is 0 Å². The number of esters is 1. The maximum absolute atomic E-state index is 12.9. The predicted octanol–water partition coefficient (Wildman–Crippen LogP) is 6.62. The molecule has 0 N–H and O–H groups in total. The van der Waals surface area contributed by atoms with Gasteiger partial charge in [0, 0.05) is 24.7 Å². The molecule has 3 atom stereocenters. The number of carbonyl (C=O) groups excluding carboxylic acids is 2. The van der Waals surface area contributed by atoms with Gasteiger partial charge in [-0.3, -0.25) is 9.59 Å². The van der Waals surface area contributed by atoms with E-state index in [0.29, 0.717) is 18.6 Å². The number of hydrogen-bond acceptors (Lipinski definition) is 4. The molecule has 0 bridgehead atoms. The minimum absolute atomic E-state index is 0.0150. The Bertz CT molecular complexity index is 640. The van der Waals surface area contributed by atoms with Crippen molar-refractivity contribution in [3.8, 4) is 0 Å². The Labute approximate surface area is 185 Å². The molecule has 5 heteroatoms. The predicted molar refractivity (Wildman–Crippen MR) is 127 cm³/mol. The molecule has 4 nitrogen and oxygen atoms in total. The molecular formula is C25H44O4Si. The number of ether oxygens (including phenoxy) is 1. The minimum atomic E-state index is -1.94. The highest BCUT2D eigenvalue weighted by Crippen LogP contribution is 2.44. The number of ketones is 1. The first-order valence-corrected chi connectivity index (χ1v) is 14.4. The fraction of sp³-hybridized carbons (Fsp3) is 0.760. The third-order valence-corrected chi connectivity index (χ3v) is 11.1. The van der Waals surface area contributed by atoms with Crippen LogP contribution < -0.4 is 0 Å². The fourth-order valence-corrected chi connectivity index (χ4v) is 5.07. The summed E-state index contributed by atoms with van der Waals surface area (Å²) in [6.45, 7) is 19.1. The molecule has 0 aromatic rings. The molecular weight excluding hydrogens is 392 g/mol. The highest BCUT2D eigenvalue weighted by atomic mass is 28.4. The van der Waals surface area contributed by atoms with Crippen LogP contribution in [0.3, 0.4) is 0 Å². The van der Waals surface area contributed by atoms with E-state index >= 15 is 0 Å². The van der Waals surface area contributed by atoms with Crippen molar-refractivity contribution in [3.05, 3.63) is 23.8 Å². The summed E-state index contributed by atoms with van der Waals surface area (Å²) in [4.78, 5) is 24.5. The number of rotatable bonds is 10. The Balaban J connectivity index is 2.72. The summed E-state index contributed by atoms with van der Waals surface area (Å²) in [5, 5.41) is 0.124. The minimum Gasteiger partial charge on any atom is -0.463 e. The molecule has 0 aromatic carbocycles. The van der Waals surface area contributed by atoms with Crippen molar-refractivity contribution in [3.63, 3.8) is 0 Å². The molecule has 1 rings (SSSR count). The Morgan fingerprint density at radius 2 is 1.87 bits per heavy atom. The van der Waals surface area contributed by atoms with Gasteiger partial charge in [-0.1, -0.05) is 44.6 Å². The van der Waals surface area contributed by atoms with Gasteiger partial charge in [0.25, 0.3) is 0 Å². The monoisotopic (exact) mass is 436 g/mol. The van der Waals surface area contributed by atoms with Crippen molar-refractivity contribution in [2.24, 2.45) is 11.8 Å². The van der Waals surface area contributed by atoms with E-state index in [4.69, 9.17) is 9.16 Å². The molecule has 1 aliphatic carbocycles. The zero-order valence-corrected chi connectivity index (χ0v) is 21.7. The van der Waals surface area contributed by atoms with Crippen molar-refractivity contribution in [2.75, 3.05) is 0 Å². The zero-order chi connectivity index (χ0) is 23.1. The second kappa shape index (κ2) is 11.4. The Kier molecular flexibility index (Phi) is 10.2. The first kappa shape index (κ1) is 26.8. The highest BCUT2D eigenvalue weighted by molar-refractivity contribution is 6.74. The lowest BCUT2D eigenvalue weighted by Crippen LogP contribution is -2.45. The maximum Gasteiger partial charge on any atom is 0.306 e. The van der Waals surface area contributed by atoms with E-state index in [1.54, 1.807) is 0 Å². The van der Waals surface area contributed by atoms with Gasteiger partial charge in [0.05, 0.1) is 12.2 Å². The molecule has 30 heavy (non-hydrogen) atoms. The van der Waals surface area contributed by atoms with Crippen LogP contribution in [0.15, 0.2) is 23.8 Å². The molecule has 0 saturated heterocycles. The Morgan fingerprint density at radius 1 is 1.23 bits per heavy atom. The molecule has 0 unspecified atom stereocenters. The van der Waals surface area contributed by atoms with E-state index in [2.05, 4.69) is 59.0 Å². The molecule has 172 valence electrons. The molecule has 1 aliphatic rings. The van der Waals surface area contributed by atoms with E-state index < -0.39 is 8.32 Å². The van der Waals surface area contributed by atoms with Crippen LogP contribution in [0.25, 0.3) is 0 Å². The van der Waals surface area contributed by atoms with E-state index in [1.165, 1.54) is 5.57 Å². The lowest BCUT2D eigenvalue weighted by atomic mass is 9.85. The molecule has 0 amide bonds. The number of Topliss-reactive ketones (excluding diaryl/α,β-unsaturated/α-hetero) is 1. The third-order valence-electron chi connectivity index (χ3n) is 6.56. The highest BCUT2D eigenvalue weighted by Gasteiger charge is 2.47. The van der Waals surface area contributed by atoms with Crippen LogP contribution in [0, 0.1) is 11.8 Å². The van der Waals surface area contributed by atoms with Crippen LogP contribution in [0.5, 0.6) is 0 Å². The summed E-state index contributed by atoms with van der Waals surface area (Å²) < 4.78 is 11.9. The summed E-state index contributed by atoms with van der Waals surface area (Å²) in [6.07, 6.45) is 9.55. The van der Waals surface area contributed by atoms with E-state index in [0.717, 1.165) is 19.3 Å². The van der Waals surface area contributed by atoms with Crippen molar-refractivity contribution < 1.29 is 18.8 Å². The van der Waals surface area contributed by atoms with Crippen molar-refractivity contribution in [2.45, 2.75) is 111 Å². The van der Waals surface area contributed by atoms with Crippen LogP contribution >= 0.6 is 0 Å². The summed E-state index contributed by atoms with van der Waals surface area (Å²) in [5.74, 6) is 0.314. The van der Waals surface area contributed by atoms with E-state index in [-0.39, 0.29) is 35.1 Å². The largest absolute Gasteiger partial charge is 0.463 e. The van der Waals surface area contributed by atoms with E-state index in [9.17, 15) is 9.59 Å². The SMILES string of the molecule is CC=C(C)[C@H]1[C@H](O[Si](C)(C)C(C)(C)C)CC(=O)[C@@H]1CC=CCCCC(=O)OC(C)C. The lowest BCUT2D eigenvalue weighted by Gasteiger charge is -2.40. The summed E-state index contributed by atoms with van der Waals surface area (Å²) in [5.41, 5.74) is 1.25. The molecule has 1 saturated carbocycles. The van der Waals surface area contributed by atoms with Crippen LogP contribution in [-0.2, 0) is 18.8 Å². The van der Waals surface area contributed by atoms with Crippen LogP contribution in [-0.4, -0.2) is 32.3 Å². The number of allylic oxidation sites excluding steroid dienone is 3. The topological polar surface area (TPSA) is 52.6 Å². The Hall–Kier alpha value is -1.20. The van der Waals surface area contributed by atoms with Gasteiger partial charge in [-0.15, -0.1) is 0 Å². The fourth-order valence-electron chi connectivity index (χ4n) is 3.73. The zero-order valence-electron chi connectivity index (χ0n) is 20.7. The molecule has 0 aromatic heterocycles. The van der Waals surface area contributed by atoms with Gasteiger partial charge >= 0.3 is 5.97 Å². The van der Waals surface area contributed by atoms with Crippen molar-refractivity contribution in [1.82, 2.24) is 0 Å². The first-order valence-electron chi connectivity index (χ1n) is 11.5. The Morgan fingerprint density at radius 3 is 2.40 bits per heavy atom. The average Bonchev–Trinajstić information content (AvgIpc) is 2.90. The summed E-state index contributed by atoms with van der Waals surface area (Å²) in [6, 6.07) is 0. The number of carbonyl (C=O) groups is 2. The summed E-state index contributed by atoms with van der Waals surface area (Å²) in [7, 11) is -1.94. The molecule has 1 fully saturated rings. The van der Waals surface area contributed by atoms with Gasteiger partial charge in [-0.25, -0.2) is 0 Å². The maximum atomic E-state index is 12.9. The number of unbranched alkanes of at least 4 members (excludes halogenated alkanes) is 1. The molecule has 0 heterocycles. The second-order valence-corrected chi connectivity index (χ2v) is 15.1.